The molecule has 0 spiro atoms. The van der Waals surface area contributed by atoms with Crippen LogP contribution in [0.15, 0.2) is 52.2 Å². The molecule has 1 fully saturated rings. The number of hydrogen-bond acceptors (Lipinski definition) is 5. The Labute approximate surface area is 183 Å². The molecule has 0 aliphatic carbocycles. The van der Waals surface area contributed by atoms with Crippen LogP contribution in [0.25, 0.3) is 16.4 Å². The van der Waals surface area contributed by atoms with Crippen molar-refractivity contribution in [1.82, 2.24) is 29.3 Å². The highest BCUT2D eigenvalue weighted by molar-refractivity contribution is 5.80. The number of nitrogens with zero attached hydrogens (tertiary/aromatic N) is 5. The van der Waals surface area contributed by atoms with Crippen molar-refractivity contribution >= 4 is 22.3 Å². The molecule has 1 atom stereocenters. The molecule has 3 aromatic heterocycles. The number of carbonyl (C=O) groups is 1. The van der Waals surface area contributed by atoms with Gasteiger partial charge in [0.25, 0.3) is 11.1 Å². The number of aryl methyl sites for hydroxylation is 2. The zero-order chi connectivity index (χ0) is 22.2. The number of nitrogens with one attached hydrogen (secondary N) is 1. The maximum atomic E-state index is 12.9. The molecule has 164 valence electrons. The summed E-state index contributed by atoms with van der Waals surface area (Å²) in [6.07, 6.45) is 3.67. The van der Waals surface area contributed by atoms with Crippen LogP contribution in [0.3, 0.4) is 0 Å². The predicted molar refractivity (Wildman–Crippen MR) is 120 cm³/mol. The molecule has 5 rings (SSSR count). The largest absolute Gasteiger partial charge is 0.342 e. The van der Waals surface area contributed by atoms with Crippen molar-refractivity contribution in [3.8, 4) is 0 Å². The molecule has 9 nitrogen and oxygen atoms in total. The van der Waals surface area contributed by atoms with Crippen LogP contribution in [-0.2, 0) is 11.3 Å². The molecule has 9 heteroatoms. The van der Waals surface area contributed by atoms with Gasteiger partial charge in [-0.1, -0.05) is 18.2 Å². The average Bonchev–Trinajstić information content (AvgIpc) is 3.23. The summed E-state index contributed by atoms with van der Waals surface area (Å²) >= 11 is 0. The first-order chi connectivity index (χ1) is 15.5. The smallest absolute Gasteiger partial charge is 0.274 e. The summed E-state index contributed by atoms with van der Waals surface area (Å²) in [4.78, 5) is 44.0. The maximum Gasteiger partial charge on any atom is 0.274 e. The van der Waals surface area contributed by atoms with Gasteiger partial charge in [0.05, 0.1) is 18.1 Å². The van der Waals surface area contributed by atoms with Crippen molar-refractivity contribution in [3.05, 3.63) is 74.7 Å². The number of rotatable bonds is 4. The Morgan fingerprint density at radius 1 is 1.22 bits per heavy atom. The van der Waals surface area contributed by atoms with Gasteiger partial charge in [0.15, 0.2) is 5.65 Å². The summed E-state index contributed by atoms with van der Waals surface area (Å²) in [5, 5.41) is 8.76. The van der Waals surface area contributed by atoms with Crippen LogP contribution in [-0.4, -0.2) is 48.3 Å². The summed E-state index contributed by atoms with van der Waals surface area (Å²) in [6.45, 7) is 3.30. The molecule has 0 radical (unpaired) electrons. The van der Waals surface area contributed by atoms with E-state index in [2.05, 4.69) is 15.2 Å². The Kier molecular flexibility index (Phi) is 5.08. The van der Waals surface area contributed by atoms with Crippen molar-refractivity contribution in [3.63, 3.8) is 0 Å². The average molecular weight is 432 g/mol. The second-order valence-corrected chi connectivity index (χ2v) is 8.33. The number of benzene rings is 1. The van der Waals surface area contributed by atoms with Crippen molar-refractivity contribution in [2.24, 2.45) is 0 Å². The van der Waals surface area contributed by atoms with E-state index < -0.39 is 0 Å². The Morgan fingerprint density at radius 3 is 2.94 bits per heavy atom. The molecule has 0 saturated carbocycles. The standard InChI is InChI=1S/C23H24N6O3/c1-15-11-22(31)29-20(25-15)12-19(26-29)17-6-4-9-27(14-17)21(30)8-10-28-23(32)18-7-3-2-5-16(18)13-24-28/h2-3,5,7,11-13,17,26H,4,6,8-10,14H2,1H3/t17-/m0/s1. The third-order valence-electron chi connectivity index (χ3n) is 6.11. The molecule has 1 N–H and O–H groups in total. The number of H-pyrrole nitrogens is 1. The third kappa shape index (κ3) is 3.70. The molecular formula is C23H24N6O3. The lowest BCUT2D eigenvalue weighted by Gasteiger charge is -2.32. The fraction of sp³-hybridized carbons (Fsp3) is 0.348. The molecule has 0 bridgehead atoms. The molecule has 4 heterocycles. The van der Waals surface area contributed by atoms with E-state index in [1.54, 1.807) is 19.2 Å². The summed E-state index contributed by atoms with van der Waals surface area (Å²) in [5.41, 5.74) is 1.86. The first kappa shape index (κ1) is 20.2. The van der Waals surface area contributed by atoms with E-state index in [1.807, 2.05) is 29.2 Å². The van der Waals surface area contributed by atoms with Gasteiger partial charge in [-0.15, -0.1) is 0 Å². The molecule has 1 saturated heterocycles. The van der Waals surface area contributed by atoms with Crippen LogP contribution in [0.5, 0.6) is 0 Å². The van der Waals surface area contributed by atoms with Gasteiger partial charge in [0, 0.05) is 54.3 Å². The molecule has 1 amide bonds. The van der Waals surface area contributed by atoms with E-state index in [4.69, 9.17) is 0 Å². The van der Waals surface area contributed by atoms with Crippen molar-refractivity contribution < 1.29 is 4.79 Å². The van der Waals surface area contributed by atoms with Gasteiger partial charge >= 0.3 is 0 Å². The van der Waals surface area contributed by atoms with Crippen molar-refractivity contribution in [2.45, 2.75) is 38.6 Å². The second kappa shape index (κ2) is 8.07. The quantitative estimate of drug-likeness (QED) is 0.530. The highest BCUT2D eigenvalue weighted by atomic mass is 16.2. The highest BCUT2D eigenvalue weighted by Gasteiger charge is 2.26. The SMILES string of the molecule is Cc1cc(=O)n2[nH]c([C@H]3CCCN(C(=O)CCn4ncc5ccccc5c4=O)C3)cc2n1. The number of aromatic nitrogens is 5. The fourth-order valence-electron chi connectivity index (χ4n) is 4.44. The van der Waals surface area contributed by atoms with Crippen molar-refractivity contribution in [2.75, 3.05) is 13.1 Å². The lowest BCUT2D eigenvalue weighted by Crippen LogP contribution is -2.40. The van der Waals surface area contributed by atoms with Gasteiger partial charge in [-0.2, -0.15) is 5.10 Å². The highest BCUT2D eigenvalue weighted by Crippen LogP contribution is 2.26. The summed E-state index contributed by atoms with van der Waals surface area (Å²) in [7, 11) is 0. The van der Waals surface area contributed by atoms with Crippen LogP contribution in [0.4, 0.5) is 0 Å². The first-order valence-corrected chi connectivity index (χ1v) is 10.8. The Hall–Kier alpha value is -3.75. The van der Waals surface area contributed by atoms with Gasteiger partial charge in [0.1, 0.15) is 0 Å². The monoisotopic (exact) mass is 432 g/mol. The molecule has 1 aromatic carbocycles. The Bertz CT molecular complexity index is 1430. The molecule has 0 unspecified atom stereocenters. The van der Waals surface area contributed by atoms with Crippen LogP contribution in [0, 0.1) is 6.92 Å². The van der Waals surface area contributed by atoms with Gasteiger partial charge < -0.3 is 4.90 Å². The minimum absolute atomic E-state index is 0.00111. The number of piperidine rings is 1. The van der Waals surface area contributed by atoms with E-state index in [9.17, 15) is 14.4 Å². The van der Waals surface area contributed by atoms with Crippen LogP contribution >= 0.6 is 0 Å². The van der Waals surface area contributed by atoms with Gasteiger partial charge in [-0.25, -0.2) is 14.2 Å². The number of amides is 1. The normalized spacial score (nSPS) is 16.7. The van der Waals surface area contributed by atoms with Crippen molar-refractivity contribution in [1.29, 1.82) is 0 Å². The van der Waals surface area contributed by atoms with E-state index in [0.717, 1.165) is 23.9 Å². The van der Waals surface area contributed by atoms with Gasteiger partial charge in [-0.3, -0.25) is 19.5 Å². The lowest BCUT2D eigenvalue weighted by atomic mass is 9.94. The molecule has 32 heavy (non-hydrogen) atoms. The topological polar surface area (TPSA) is 105 Å². The summed E-state index contributed by atoms with van der Waals surface area (Å²) in [6, 6.07) is 10.7. The fourth-order valence-corrected chi connectivity index (χ4v) is 4.44. The van der Waals surface area contributed by atoms with Crippen LogP contribution < -0.4 is 11.1 Å². The molecular weight excluding hydrogens is 408 g/mol. The number of likely N-dealkylation sites (tertiary alicyclic amines) is 1. The van der Waals surface area contributed by atoms with E-state index in [0.29, 0.717) is 29.8 Å². The first-order valence-electron chi connectivity index (χ1n) is 10.8. The van der Waals surface area contributed by atoms with Gasteiger partial charge in [0.2, 0.25) is 5.91 Å². The minimum Gasteiger partial charge on any atom is -0.342 e. The van der Waals surface area contributed by atoms with Gasteiger partial charge in [-0.05, 0) is 25.8 Å². The Balaban J connectivity index is 1.29. The lowest BCUT2D eigenvalue weighted by molar-refractivity contribution is -0.132. The predicted octanol–water partition coefficient (Wildman–Crippen LogP) is 1.84. The van der Waals surface area contributed by atoms with Crippen LogP contribution in [0.1, 0.15) is 36.6 Å². The summed E-state index contributed by atoms with van der Waals surface area (Å²) in [5.74, 6) is 0.106. The minimum atomic E-state index is -0.182. The number of hydrogen-bond donors (Lipinski definition) is 1. The molecule has 1 aliphatic rings. The molecule has 1 aliphatic heterocycles. The zero-order valence-electron chi connectivity index (χ0n) is 17.8. The van der Waals surface area contributed by atoms with E-state index >= 15 is 0 Å². The third-order valence-corrected chi connectivity index (χ3v) is 6.11. The Morgan fingerprint density at radius 2 is 2.06 bits per heavy atom. The van der Waals surface area contributed by atoms with E-state index in [-0.39, 0.29) is 35.9 Å². The second-order valence-electron chi connectivity index (χ2n) is 8.33. The van der Waals surface area contributed by atoms with Crippen LogP contribution in [0.2, 0.25) is 0 Å². The maximum absolute atomic E-state index is 12.9. The number of carbonyl (C=O) groups excluding carboxylic acids is 1. The molecule has 4 aromatic rings. The zero-order valence-corrected chi connectivity index (χ0v) is 17.8. The van der Waals surface area contributed by atoms with E-state index in [1.165, 1.54) is 15.3 Å². The number of fused-ring (bicyclic) bond motifs is 2. The number of aromatic amines is 1. The summed E-state index contributed by atoms with van der Waals surface area (Å²) < 4.78 is 2.81.